The number of carboxylic acid groups (broad SMARTS) is 1. The minimum Gasteiger partial charge on any atom is -0.478 e. The Morgan fingerprint density at radius 1 is 1.17 bits per heavy atom. The number of carbonyl (C=O) groups is 3. The highest BCUT2D eigenvalue weighted by Gasteiger charge is 2.42. The Morgan fingerprint density at radius 2 is 1.90 bits per heavy atom. The molecule has 16 heteroatoms. The molecule has 2 amide bonds. The number of anilines is 1. The fourth-order valence-electron chi connectivity index (χ4n) is 6.09. The highest BCUT2D eigenvalue weighted by atomic mass is 19.3. The summed E-state index contributed by atoms with van der Waals surface area (Å²) in [6.45, 7) is 2.86. The topological polar surface area (TPSA) is 152 Å². The van der Waals surface area contributed by atoms with Gasteiger partial charge in [0.15, 0.2) is 0 Å². The predicted molar refractivity (Wildman–Crippen MR) is 165 cm³/mol. The van der Waals surface area contributed by atoms with Crippen LogP contribution in [0.2, 0.25) is 0 Å². The first kappa shape index (κ1) is 32.5. The lowest BCUT2D eigenvalue weighted by Crippen LogP contribution is -2.48. The number of alkyl halides is 2. The maximum atomic E-state index is 15.7. The molecule has 1 saturated heterocycles. The number of aromatic carboxylic acids is 1. The van der Waals surface area contributed by atoms with Gasteiger partial charge in [0.25, 0.3) is 0 Å². The monoisotopic (exact) mass is 667 g/mol. The Balaban J connectivity index is 1.50. The van der Waals surface area contributed by atoms with Gasteiger partial charge < -0.3 is 34.3 Å². The highest BCUT2D eigenvalue weighted by Crippen LogP contribution is 2.48. The molecule has 6 rings (SSSR count). The third-order valence-corrected chi connectivity index (χ3v) is 8.13. The van der Waals surface area contributed by atoms with E-state index in [-0.39, 0.29) is 52.7 Å². The van der Waals surface area contributed by atoms with Crippen LogP contribution in [0.15, 0.2) is 42.7 Å². The van der Waals surface area contributed by atoms with Crippen LogP contribution < -0.4 is 15.0 Å². The highest BCUT2D eigenvalue weighted by molar-refractivity contribution is 5.91. The van der Waals surface area contributed by atoms with E-state index in [2.05, 4.69) is 20.3 Å². The first-order valence-electron chi connectivity index (χ1n) is 15.0. The summed E-state index contributed by atoms with van der Waals surface area (Å²) in [5.74, 6) is -2.01. The summed E-state index contributed by atoms with van der Waals surface area (Å²) in [7, 11) is 1.49. The molecule has 0 unspecified atom stereocenters. The largest absolute Gasteiger partial charge is 0.478 e. The molecule has 13 nitrogen and oxygen atoms in total. The lowest BCUT2D eigenvalue weighted by molar-refractivity contribution is -0.120. The molecule has 2 N–H and O–H groups in total. The molecule has 0 saturated carbocycles. The van der Waals surface area contributed by atoms with E-state index in [1.54, 1.807) is 30.2 Å². The summed E-state index contributed by atoms with van der Waals surface area (Å²) in [5, 5.41) is 12.8. The van der Waals surface area contributed by atoms with Gasteiger partial charge in [-0.3, -0.25) is 4.79 Å². The van der Waals surface area contributed by atoms with Gasteiger partial charge in [0.05, 0.1) is 35.2 Å². The number of fused-ring (bicyclic) bond motifs is 3. The third-order valence-electron chi connectivity index (χ3n) is 8.13. The van der Waals surface area contributed by atoms with Gasteiger partial charge in [0, 0.05) is 61.7 Å². The molecule has 0 aliphatic carbocycles. The van der Waals surface area contributed by atoms with Gasteiger partial charge in [-0.2, -0.15) is 8.78 Å². The van der Waals surface area contributed by atoms with Crippen molar-refractivity contribution in [2.24, 2.45) is 0 Å². The lowest BCUT2D eigenvalue weighted by Gasteiger charge is -2.28. The molecular weight excluding hydrogens is 635 g/mol. The SMILES string of the molecule is CN(C(=O)OC(C)(C)C)[C@@H]1C[C@H](c2c(OC(F)F)cccc2C(=O)O)n2c1nc1cc(F)c(-c3cnc(N4CCNC(=O)C4)nc3)cc12. The summed E-state index contributed by atoms with van der Waals surface area (Å²) >= 11 is 0. The van der Waals surface area contributed by atoms with Gasteiger partial charge in [-0.05, 0) is 39.0 Å². The van der Waals surface area contributed by atoms with E-state index in [1.165, 1.54) is 54.7 Å². The molecule has 2 atom stereocenters. The molecule has 0 spiro atoms. The predicted octanol–water partition coefficient (Wildman–Crippen LogP) is 4.77. The Kier molecular flexibility index (Phi) is 8.35. The van der Waals surface area contributed by atoms with E-state index in [0.717, 1.165) is 0 Å². The van der Waals surface area contributed by atoms with Crippen molar-refractivity contribution < 1.29 is 42.1 Å². The number of nitrogens with zero attached hydrogens (tertiary/aromatic N) is 6. The van der Waals surface area contributed by atoms with E-state index in [4.69, 9.17) is 9.47 Å². The number of carbonyl (C=O) groups excluding carboxylic acids is 2. The average molecular weight is 668 g/mol. The van der Waals surface area contributed by atoms with Crippen LogP contribution in [0.5, 0.6) is 5.75 Å². The number of halogens is 3. The third kappa shape index (κ3) is 6.16. The smallest absolute Gasteiger partial charge is 0.410 e. The number of benzene rings is 2. The molecule has 2 aliphatic heterocycles. The van der Waals surface area contributed by atoms with Crippen molar-refractivity contribution in [3.05, 3.63) is 65.5 Å². The van der Waals surface area contributed by atoms with Crippen LogP contribution in [0.1, 0.15) is 61.0 Å². The Labute approximate surface area is 272 Å². The normalized spacial score (nSPS) is 17.8. The van der Waals surface area contributed by atoms with E-state index in [1.807, 2.05) is 0 Å². The van der Waals surface area contributed by atoms with E-state index < -0.39 is 42.2 Å². The van der Waals surface area contributed by atoms with Gasteiger partial charge in [-0.1, -0.05) is 6.07 Å². The molecule has 2 aliphatic rings. The Hall–Kier alpha value is -5.41. The zero-order valence-corrected chi connectivity index (χ0v) is 26.4. The quantitative estimate of drug-likeness (QED) is 0.282. The first-order valence-corrected chi connectivity index (χ1v) is 15.0. The number of nitrogens with one attached hydrogen (secondary N) is 1. The van der Waals surface area contributed by atoms with Gasteiger partial charge in [-0.25, -0.2) is 28.9 Å². The van der Waals surface area contributed by atoms with Crippen molar-refractivity contribution in [2.75, 3.05) is 31.6 Å². The number of aromatic nitrogens is 4. The second-order valence-corrected chi connectivity index (χ2v) is 12.5. The van der Waals surface area contributed by atoms with Crippen LogP contribution in [0.25, 0.3) is 22.2 Å². The van der Waals surface area contributed by atoms with Crippen molar-refractivity contribution in [3.8, 4) is 16.9 Å². The number of piperazine rings is 1. The van der Waals surface area contributed by atoms with Crippen LogP contribution in [-0.4, -0.2) is 86.4 Å². The molecule has 252 valence electrons. The molecule has 0 bridgehead atoms. The van der Waals surface area contributed by atoms with Crippen LogP contribution in [0, 0.1) is 5.82 Å². The van der Waals surface area contributed by atoms with E-state index >= 15 is 4.39 Å². The molecule has 4 aromatic rings. The zero-order chi connectivity index (χ0) is 34.5. The van der Waals surface area contributed by atoms with E-state index in [0.29, 0.717) is 30.1 Å². The summed E-state index contributed by atoms with van der Waals surface area (Å²) in [6.07, 6.45) is 2.17. The number of ether oxygens (including phenoxy) is 2. The average Bonchev–Trinajstić information content (AvgIpc) is 3.56. The van der Waals surface area contributed by atoms with E-state index in [9.17, 15) is 28.3 Å². The van der Waals surface area contributed by atoms with Gasteiger partial charge in [-0.15, -0.1) is 0 Å². The number of carboxylic acids is 1. The van der Waals surface area contributed by atoms with Crippen LogP contribution in [0.3, 0.4) is 0 Å². The van der Waals surface area contributed by atoms with Crippen molar-refractivity contribution in [3.63, 3.8) is 0 Å². The Morgan fingerprint density at radius 3 is 2.54 bits per heavy atom. The number of rotatable bonds is 7. The first-order chi connectivity index (χ1) is 22.7. The van der Waals surface area contributed by atoms with Crippen LogP contribution in [0.4, 0.5) is 23.9 Å². The summed E-state index contributed by atoms with van der Waals surface area (Å²) < 4.78 is 54.9. The molecule has 4 heterocycles. The second kappa shape index (κ2) is 12.3. The number of hydrogen-bond acceptors (Lipinski definition) is 9. The molecule has 2 aromatic carbocycles. The maximum Gasteiger partial charge on any atom is 0.410 e. The minimum absolute atomic E-state index is 0.0197. The summed E-state index contributed by atoms with van der Waals surface area (Å²) in [5.41, 5.74) is -0.273. The molecule has 48 heavy (non-hydrogen) atoms. The number of hydrogen-bond donors (Lipinski definition) is 2. The molecular formula is C32H32F3N7O6. The summed E-state index contributed by atoms with van der Waals surface area (Å²) in [6, 6.07) is 4.69. The fraction of sp³-hybridized carbons (Fsp3) is 0.375. The zero-order valence-electron chi connectivity index (χ0n) is 26.4. The molecule has 2 aromatic heterocycles. The van der Waals surface area contributed by atoms with Crippen molar-refractivity contribution in [1.29, 1.82) is 0 Å². The van der Waals surface area contributed by atoms with Crippen LogP contribution >= 0.6 is 0 Å². The van der Waals surface area contributed by atoms with Crippen molar-refractivity contribution in [1.82, 2.24) is 29.7 Å². The summed E-state index contributed by atoms with van der Waals surface area (Å²) in [4.78, 5) is 53.8. The van der Waals surface area contributed by atoms with Gasteiger partial charge in [0.2, 0.25) is 11.9 Å². The number of amides is 2. The molecule has 0 radical (unpaired) electrons. The standard InChI is InChI=1S/C32H32F3N7O6/c1-32(2,3)48-31(46)40(4)23-12-22(26-17(28(44)45)6-5-7-24(26)47-29(34)35)42-21-10-18(19(33)11-20(21)39-27(23)42)16-13-37-30(38-14-16)41-9-8-36-25(43)15-41/h5-7,10-11,13-14,22-23,29H,8-9,12,15H2,1-4H3,(H,36,43)(H,44,45)/t22-,23-/m1/s1. The second-order valence-electron chi connectivity index (χ2n) is 12.5. The maximum absolute atomic E-state index is 15.7. The van der Waals surface area contributed by atoms with Gasteiger partial charge >= 0.3 is 18.7 Å². The van der Waals surface area contributed by atoms with Gasteiger partial charge in [0.1, 0.15) is 23.0 Å². The Bertz CT molecular complexity index is 1910. The van der Waals surface area contributed by atoms with Crippen molar-refractivity contribution in [2.45, 2.75) is 51.5 Å². The number of imidazole rings is 1. The fourth-order valence-corrected chi connectivity index (χ4v) is 6.09. The lowest BCUT2D eigenvalue weighted by atomic mass is 9.95. The minimum atomic E-state index is -3.25. The molecule has 1 fully saturated rings. The van der Waals surface area contributed by atoms with Crippen molar-refractivity contribution >= 4 is 35.0 Å². The van der Waals surface area contributed by atoms with Crippen LogP contribution in [-0.2, 0) is 9.53 Å².